The molecule has 8 nitrogen and oxygen atoms in total. The lowest BCUT2D eigenvalue weighted by atomic mass is 10.1. The number of ether oxygens (including phenoxy) is 2. The molecule has 0 radical (unpaired) electrons. The minimum Gasteiger partial charge on any atom is -0.493 e. The number of aromatic nitrogens is 2. The highest BCUT2D eigenvalue weighted by Crippen LogP contribution is 2.32. The lowest BCUT2D eigenvalue weighted by Gasteiger charge is -2.34. The summed E-state index contributed by atoms with van der Waals surface area (Å²) in [6.45, 7) is 2.09. The Bertz CT molecular complexity index is 880. The van der Waals surface area contributed by atoms with E-state index in [1.807, 2.05) is 24.3 Å². The van der Waals surface area contributed by atoms with Crippen LogP contribution in [0.15, 0.2) is 30.6 Å². The Labute approximate surface area is 153 Å². The van der Waals surface area contributed by atoms with Gasteiger partial charge in [-0.05, 0) is 18.2 Å². The van der Waals surface area contributed by atoms with Gasteiger partial charge in [-0.15, -0.1) is 0 Å². The average molecular weight is 378 g/mol. The molecule has 26 heavy (non-hydrogen) atoms. The normalized spacial score (nSPS) is 15.7. The molecule has 0 atom stereocenters. The third-order valence-corrected chi connectivity index (χ3v) is 5.67. The molecule has 2 aromatic rings. The van der Waals surface area contributed by atoms with Gasteiger partial charge in [0, 0.05) is 37.8 Å². The van der Waals surface area contributed by atoms with E-state index >= 15 is 0 Å². The zero-order valence-corrected chi connectivity index (χ0v) is 15.9. The summed E-state index contributed by atoms with van der Waals surface area (Å²) in [5, 5.41) is 0. The minimum atomic E-state index is -3.15. The Morgan fingerprint density at radius 1 is 0.962 bits per heavy atom. The van der Waals surface area contributed by atoms with Crippen molar-refractivity contribution in [2.45, 2.75) is 0 Å². The highest BCUT2D eigenvalue weighted by Gasteiger charge is 2.24. The molecule has 9 heteroatoms. The predicted molar refractivity (Wildman–Crippen MR) is 99.2 cm³/mol. The van der Waals surface area contributed by atoms with Crippen molar-refractivity contribution in [2.75, 3.05) is 51.6 Å². The van der Waals surface area contributed by atoms with Crippen molar-refractivity contribution in [3.8, 4) is 22.8 Å². The van der Waals surface area contributed by atoms with Crippen LogP contribution < -0.4 is 14.4 Å². The Kier molecular flexibility index (Phi) is 5.28. The molecule has 1 aliphatic heterocycles. The summed E-state index contributed by atoms with van der Waals surface area (Å²) in [6.07, 6.45) is 2.76. The van der Waals surface area contributed by atoms with Gasteiger partial charge < -0.3 is 14.4 Å². The monoisotopic (exact) mass is 378 g/mol. The molecule has 2 heterocycles. The molecule has 0 unspecified atom stereocenters. The molecule has 0 bridgehead atoms. The van der Waals surface area contributed by atoms with Crippen LogP contribution >= 0.6 is 0 Å². The fraction of sp³-hybridized carbons (Fsp3) is 0.412. The van der Waals surface area contributed by atoms with Crippen LogP contribution in [0.1, 0.15) is 0 Å². The SMILES string of the molecule is COc1ccc(-c2cc(N3CCN(S(C)(=O)=O)CC3)ncn2)cc1OC. The maximum atomic E-state index is 11.6. The lowest BCUT2D eigenvalue weighted by molar-refractivity contribution is 0.355. The van der Waals surface area contributed by atoms with E-state index in [4.69, 9.17) is 9.47 Å². The highest BCUT2D eigenvalue weighted by molar-refractivity contribution is 7.88. The van der Waals surface area contributed by atoms with E-state index < -0.39 is 10.0 Å². The second-order valence-corrected chi connectivity index (χ2v) is 7.96. The van der Waals surface area contributed by atoms with Crippen LogP contribution in [0.3, 0.4) is 0 Å². The van der Waals surface area contributed by atoms with Crippen LogP contribution in [-0.4, -0.2) is 69.3 Å². The van der Waals surface area contributed by atoms with E-state index in [0.717, 1.165) is 17.1 Å². The van der Waals surface area contributed by atoms with Crippen molar-refractivity contribution in [2.24, 2.45) is 0 Å². The smallest absolute Gasteiger partial charge is 0.211 e. The van der Waals surface area contributed by atoms with Crippen LogP contribution in [0.4, 0.5) is 5.82 Å². The van der Waals surface area contributed by atoms with Crippen molar-refractivity contribution in [3.63, 3.8) is 0 Å². The third kappa shape index (κ3) is 3.88. The molecule has 0 N–H and O–H groups in total. The maximum Gasteiger partial charge on any atom is 0.211 e. The Morgan fingerprint density at radius 2 is 1.65 bits per heavy atom. The molecular weight excluding hydrogens is 356 g/mol. The van der Waals surface area contributed by atoms with Gasteiger partial charge in [-0.1, -0.05) is 0 Å². The summed E-state index contributed by atoms with van der Waals surface area (Å²) in [5.41, 5.74) is 1.66. The van der Waals surface area contributed by atoms with Crippen molar-refractivity contribution >= 4 is 15.8 Å². The third-order valence-electron chi connectivity index (χ3n) is 4.36. The summed E-state index contributed by atoms with van der Waals surface area (Å²) in [5.74, 6) is 2.06. The number of methoxy groups -OCH3 is 2. The average Bonchev–Trinajstić information content (AvgIpc) is 2.67. The summed E-state index contributed by atoms with van der Waals surface area (Å²) in [7, 11) is 0.0365. The van der Waals surface area contributed by atoms with Gasteiger partial charge in [-0.3, -0.25) is 0 Å². The number of rotatable bonds is 5. The summed E-state index contributed by atoms with van der Waals surface area (Å²) in [4.78, 5) is 10.8. The van der Waals surface area contributed by atoms with Crippen LogP contribution in [0.25, 0.3) is 11.3 Å². The summed E-state index contributed by atoms with van der Waals surface area (Å²) < 4.78 is 35.4. The standard InChI is InChI=1S/C17H22N4O4S/c1-24-15-5-4-13(10-16(15)25-2)14-11-17(19-12-18-14)20-6-8-21(9-7-20)26(3,22)23/h4-5,10-12H,6-9H2,1-3H3. The summed E-state index contributed by atoms with van der Waals surface area (Å²) >= 11 is 0. The Balaban J connectivity index is 1.81. The van der Waals surface area contributed by atoms with E-state index in [9.17, 15) is 8.42 Å². The van der Waals surface area contributed by atoms with Crippen molar-refractivity contribution in [1.82, 2.24) is 14.3 Å². The molecule has 0 aliphatic carbocycles. The first-order chi connectivity index (χ1) is 12.4. The number of anilines is 1. The summed E-state index contributed by atoms with van der Waals surface area (Å²) in [6, 6.07) is 7.51. The molecule has 0 spiro atoms. The van der Waals surface area contributed by atoms with Gasteiger partial charge in [0.05, 0.1) is 26.2 Å². The second kappa shape index (κ2) is 7.46. The quantitative estimate of drug-likeness (QED) is 0.774. The molecule has 0 amide bonds. The zero-order valence-electron chi connectivity index (χ0n) is 15.0. The number of piperazine rings is 1. The van der Waals surface area contributed by atoms with Gasteiger partial charge in [0.25, 0.3) is 0 Å². The fourth-order valence-corrected chi connectivity index (χ4v) is 3.75. The molecule has 3 rings (SSSR count). The second-order valence-electron chi connectivity index (χ2n) is 5.98. The first-order valence-corrected chi connectivity index (χ1v) is 10.0. The van der Waals surface area contributed by atoms with Gasteiger partial charge in [0.15, 0.2) is 11.5 Å². The number of hydrogen-bond acceptors (Lipinski definition) is 7. The fourth-order valence-electron chi connectivity index (χ4n) is 2.92. The van der Waals surface area contributed by atoms with E-state index in [1.165, 1.54) is 16.9 Å². The van der Waals surface area contributed by atoms with E-state index in [0.29, 0.717) is 37.7 Å². The van der Waals surface area contributed by atoms with Crippen molar-refractivity contribution in [3.05, 3.63) is 30.6 Å². The first kappa shape index (κ1) is 18.4. The molecule has 0 saturated carbocycles. The van der Waals surface area contributed by atoms with Gasteiger partial charge in [-0.2, -0.15) is 4.31 Å². The van der Waals surface area contributed by atoms with E-state index in [1.54, 1.807) is 14.2 Å². The lowest BCUT2D eigenvalue weighted by Crippen LogP contribution is -2.48. The maximum absolute atomic E-state index is 11.6. The molecule has 1 aromatic carbocycles. The van der Waals surface area contributed by atoms with Crippen LogP contribution in [0, 0.1) is 0 Å². The topological polar surface area (TPSA) is 84.9 Å². The van der Waals surface area contributed by atoms with Gasteiger partial charge in [0.1, 0.15) is 12.1 Å². The predicted octanol–water partition coefficient (Wildman–Crippen LogP) is 1.24. The highest BCUT2D eigenvalue weighted by atomic mass is 32.2. The van der Waals surface area contributed by atoms with Crippen LogP contribution in [0.2, 0.25) is 0 Å². The first-order valence-electron chi connectivity index (χ1n) is 8.17. The van der Waals surface area contributed by atoms with Gasteiger partial charge in [0.2, 0.25) is 10.0 Å². The molecule has 1 fully saturated rings. The molecule has 1 saturated heterocycles. The Hall–Kier alpha value is -2.39. The number of sulfonamides is 1. The number of hydrogen-bond donors (Lipinski definition) is 0. The zero-order chi connectivity index (χ0) is 18.7. The van der Waals surface area contributed by atoms with Crippen LogP contribution in [0.5, 0.6) is 11.5 Å². The largest absolute Gasteiger partial charge is 0.493 e. The van der Waals surface area contributed by atoms with E-state index in [-0.39, 0.29) is 0 Å². The molecule has 1 aliphatic rings. The van der Waals surface area contributed by atoms with Crippen LogP contribution in [-0.2, 0) is 10.0 Å². The number of nitrogens with zero attached hydrogens (tertiary/aromatic N) is 4. The van der Waals surface area contributed by atoms with Crippen molar-refractivity contribution < 1.29 is 17.9 Å². The Morgan fingerprint density at radius 3 is 2.27 bits per heavy atom. The number of benzene rings is 1. The van der Waals surface area contributed by atoms with Gasteiger partial charge in [-0.25, -0.2) is 18.4 Å². The minimum absolute atomic E-state index is 0.453. The molecule has 140 valence electrons. The van der Waals surface area contributed by atoms with E-state index in [2.05, 4.69) is 14.9 Å². The van der Waals surface area contributed by atoms with Gasteiger partial charge >= 0.3 is 0 Å². The molecule has 1 aromatic heterocycles. The molecular formula is C17H22N4O4S. The van der Waals surface area contributed by atoms with Crippen molar-refractivity contribution in [1.29, 1.82) is 0 Å².